The van der Waals surface area contributed by atoms with Crippen LogP contribution in [0.5, 0.6) is 5.75 Å². The fourth-order valence-corrected chi connectivity index (χ4v) is 6.59. The third-order valence-electron chi connectivity index (χ3n) is 8.24. The molecule has 3 aliphatic rings. The highest BCUT2D eigenvalue weighted by molar-refractivity contribution is 6.25. The average molecular weight is 515 g/mol. The molecular formula is C27H34N2O8. The lowest BCUT2D eigenvalue weighted by atomic mass is 9.54. The molecule has 1 amide bonds. The molecule has 0 aromatic heterocycles. The average Bonchev–Trinajstić information content (AvgIpc) is 2.76. The van der Waals surface area contributed by atoms with Crippen LogP contribution in [0.3, 0.4) is 0 Å². The summed E-state index contributed by atoms with van der Waals surface area (Å²) in [6, 6.07) is 0.503. The monoisotopic (exact) mass is 514 g/mol. The van der Waals surface area contributed by atoms with Crippen molar-refractivity contribution in [3.8, 4) is 5.75 Å². The molecule has 0 saturated heterocycles. The lowest BCUT2D eigenvalue weighted by Crippen LogP contribution is -2.68. The van der Waals surface area contributed by atoms with Crippen molar-refractivity contribution in [2.24, 2.45) is 17.6 Å². The summed E-state index contributed by atoms with van der Waals surface area (Å²) in [4.78, 5) is 40.9. The fraction of sp³-hybridized carbons (Fsp3) is 0.519. The smallest absolute Gasteiger partial charge is 0.255 e. The van der Waals surface area contributed by atoms with E-state index < -0.39 is 81.1 Å². The second kappa shape index (κ2) is 8.14. The van der Waals surface area contributed by atoms with Crippen molar-refractivity contribution in [2.45, 2.75) is 63.7 Å². The molecule has 0 saturated carbocycles. The van der Waals surface area contributed by atoms with E-state index in [1.54, 1.807) is 19.9 Å². The van der Waals surface area contributed by atoms with Crippen molar-refractivity contribution in [3.63, 3.8) is 0 Å². The van der Waals surface area contributed by atoms with E-state index in [0.29, 0.717) is 16.7 Å². The predicted octanol–water partition coefficient (Wildman–Crippen LogP) is 1.26. The molecule has 10 nitrogen and oxygen atoms in total. The van der Waals surface area contributed by atoms with Gasteiger partial charge in [0, 0.05) is 17.1 Å². The van der Waals surface area contributed by atoms with E-state index in [-0.39, 0.29) is 11.3 Å². The van der Waals surface area contributed by atoms with Crippen molar-refractivity contribution >= 4 is 17.5 Å². The Hall–Kier alpha value is -3.21. The zero-order chi connectivity index (χ0) is 28.1. The Morgan fingerprint density at radius 2 is 1.70 bits per heavy atom. The van der Waals surface area contributed by atoms with Crippen LogP contribution in [0.2, 0.25) is 0 Å². The topological polar surface area (TPSA) is 182 Å². The summed E-state index contributed by atoms with van der Waals surface area (Å²) in [6.45, 7) is 9.12. The summed E-state index contributed by atoms with van der Waals surface area (Å²) in [5.74, 6) is -8.83. The van der Waals surface area contributed by atoms with Crippen LogP contribution in [0.15, 0.2) is 28.7 Å². The summed E-state index contributed by atoms with van der Waals surface area (Å²) in [6.07, 6.45) is -1.61. The number of aliphatic hydroxyl groups excluding tert-OH is 3. The first kappa shape index (κ1) is 26.8. The van der Waals surface area contributed by atoms with Crippen LogP contribution < -0.4 is 5.73 Å². The number of aryl methyl sites for hydroxylation is 1. The van der Waals surface area contributed by atoms with Crippen LogP contribution in [0.1, 0.15) is 60.7 Å². The largest absolute Gasteiger partial charge is 0.510 e. The molecule has 0 aliphatic heterocycles. The number of phenols is 1. The minimum Gasteiger partial charge on any atom is -0.510 e. The number of hydrogen-bond acceptors (Lipinski definition) is 9. The molecule has 1 aromatic rings. The van der Waals surface area contributed by atoms with Gasteiger partial charge in [0.15, 0.2) is 11.4 Å². The maximum absolute atomic E-state index is 13.9. The third-order valence-corrected chi connectivity index (χ3v) is 8.24. The minimum absolute atomic E-state index is 0.0644. The van der Waals surface area contributed by atoms with Crippen LogP contribution in [0, 0.1) is 18.8 Å². The quantitative estimate of drug-likeness (QED) is 0.317. The number of rotatable bonds is 2. The summed E-state index contributed by atoms with van der Waals surface area (Å²) in [5, 5.41) is 56.9. The van der Waals surface area contributed by atoms with Crippen LogP contribution in [0.4, 0.5) is 0 Å². The molecule has 6 atom stereocenters. The number of phenolic OH excluding ortho intramolecular Hbond substituents is 1. The number of primary amides is 1. The molecule has 0 heterocycles. The Morgan fingerprint density at radius 1 is 1.14 bits per heavy atom. The van der Waals surface area contributed by atoms with Crippen molar-refractivity contribution in [1.82, 2.24) is 4.90 Å². The number of carbonyl (C=O) groups excluding carboxylic acids is 3. The van der Waals surface area contributed by atoms with Gasteiger partial charge in [-0.2, -0.15) is 0 Å². The van der Waals surface area contributed by atoms with Crippen LogP contribution >= 0.6 is 0 Å². The van der Waals surface area contributed by atoms with E-state index in [1.807, 2.05) is 20.8 Å². The molecule has 3 aliphatic carbocycles. The third kappa shape index (κ3) is 3.32. The highest BCUT2D eigenvalue weighted by Crippen LogP contribution is 2.56. The first-order valence-corrected chi connectivity index (χ1v) is 12.1. The Kier molecular flexibility index (Phi) is 5.91. The minimum atomic E-state index is -2.92. The van der Waals surface area contributed by atoms with Crippen LogP contribution in [-0.4, -0.2) is 79.7 Å². The number of aromatic hydroxyl groups is 1. The number of hydrogen-bond donors (Lipinski definition) is 6. The molecular weight excluding hydrogens is 480 g/mol. The van der Waals surface area contributed by atoms with E-state index in [9.17, 15) is 39.9 Å². The SMILES string of the molecule is Cc1cc(C(C)(C)C)c(O)c2c1C(C)C1C(=C(O)C3(O)C(=O)C(C(N)=O)=C(O)C(N(C)C)C3C1O)C2=O. The fourth-order valence-electron chi connectivity index (χ4n) is 6.59. The molecule has 0 radical (unpaired) electrons. The number of carbonyl (C=O) groups is 3. The molecule has 6 unspecified atom stereocenters. The maximum Gasteiger partial charge on any atom is 0.255 e. The second-order valence-electron chi connectivity index (χ2n) is 11.7. The van der Waals surface area contributed by atoms with Gasteiger partial charge in [-0.1, -0.05) is 33.8 Å². The molecule has 37 heavy (non-hydrogen) atoms. The standard InChI is InChI=1S/C27H34N2O8/c1-9-8-11(26(3,4)5)19(30)14-12(9)10(2)13-15(20(14)31)23(34)27(37)17(21(13)32)18(29(6)7)22(33)16(24(27)35)25(28)36/h8,10,13,17-18,21,30,32-34,37H,1-7H3,(H2,28,36). The molecule has 0 bridgehead atoms. The summed E-state index contributed by atoms with van der Waals surface area (Å²) >= 11 is 0. The molecule has 0 fully saturated rings. The lowest BCUT2D eigenvalue weighted by molar-refractivity contribution is -0.162. The first-order valence-electron chi connectivity index (χ1n) is 12.1. The highest BCUT2D eigenvalue weighted by atomic mass is 16.4. The van der Waals surface area contributed by atoms with Gasteiger partial charge < -0.3 is 31.3 Å². The zero-order valence-electron chi connectivity index (χ0n) is 21.9. The normalized spacial score (nSPS) is 31.9. The van der Waals surface area contributed by atoms with E-state index in [1.165, 1.54) is 19.0 Å². The Bertz CT molecular complexity index is 1320. The zero-order valence-corrected chi connectivity index (χ0v) is 21.9. The lowest BCUT2D eigenvalue weighted by Gasteiger charge is -2.53. The van der Waals surface area contributed by atoms with Crippen molar-refractivity contribution < 1.29 is 39.9 Å². The molecule has 0 spiro atoms. The van der Waals surface area contributed by atoms with E-state index >= 15 is 0 Å². The summed E-state index contributed by atoms with van der Waals surface area (Å²) < 4.78 is 0. The van der Waals surface area contributed by atoms with E-state index in [4.69, 9.17) is 5.73 Å². The second-order valence-corrected chi connectivity index (χ2v) is 11.7. The predicted molar refractivity (Wildman–Crippen MR) is 133 cm³/mol. The number of nitrogens with two attached hydrogens (primary N) is 1. The Labute approximate surface area is 214 Å². The number of aliphatic hydroxyl groups is 4. The number of amides is 1. The van der Waals surface area contributed by atoms with Gasteiger partial charge in [0.05, 0.1) is 23.6 Å². The highest BCUT2D eigenvalue weighted by Gasteiger charge is 2.67. The van der Waals surface area contributed by atoms with Gasteiger partial charge in [0.25, 0.3) is 5.91 Å². The maximum atomic E-state index is 13.9. The number of Topliss-reactive ketones (excluding diaryl/α,β-unsaturated/α-hetero) is 2. The Balaban J connectivity index is 2.08. The van der Waals surface area contributed by atoms with Crippen LogP contribution in [-0.2, 0) is 15.0 Å². The van der Waals surface area contributed by atoms with Gasteiger partial charge in [-0.05, 0) is 43.5 Å². The van der Waals surface area contributed by atoms with Gasteiger partial charge in [-0.25, -0.2) is 0 Å². The van der Waals surface area contributed by atoms with Crippen molar-refractivity contribution in [3.05, 3.63) is 51.0 Å². The van der Waals surface area contributed by atoms with Crippen molar-refractivity contribution in [2.75, 3.05) is 14.1 Å². The first-order chi connectivity index (χ1) is 16.9. The number of nitrogens with zero attached hydrogens (tertiary/aromatic N) is 1. The number of likely N-dealkylation sites (N-methyl/N-ethyl adjacent to an activating group) is 1. The molecule has 200 valence electrons. The number of fused-ring (bicyclic) bond motifs is 3. The number of benzene rings is 1. The molecule has 7 N–H and O–H groups in total. The van der Waals surface area contributed by atoms with Gasteiger partial charge in [-0.3, -0.25) is 19.3 Å². The van der Waals surface area contributed by atoms with Crippen molar-refractivity contribution in [1.29, 1.82) is 0 Å². The van der Waals surface area contributed by atoms with E-state index in [2.05, 4.69) is 0 Å². The van der Waals surface area contributed by atoms with Gasteiger partial charge >= 0.3 is 0 Å². The van der Waals surface area contributed by atoms with Crippen LogP contribution in [0.25, 0.3) is 0 Å². The van der Waals surface area contributed by atoms with Gasteiger partial charge in [0.1, 0.15) is 22.8 Å². The van der Waals surface area contributed by atoms with Gasteiger partial charge in [0.2, 0.25) is 5.78 Å². The molecule has 1 aromatic carbocycles. The number of ketones is 2. The van der Waals surface area contributed by atoms with E-state index in [0.717, 1.165) is 0 Å². The summed E-state index contributed by atoms with van der Waals surface area (Å²) in [7, 11) is 3.00. The molecule has 4 rings (SSSR count). The van der Waals surface area contributed by atoms with Gasteiger partial charge in [-0.15, -0.1) is 0 Å². The summed E-state index contributed by atoms with van der Waals surface area (Å²) in [5.41, 5.74) is 2.18. The molecule has 10 heteroatoms. The Morgan fingerprint density at radius 3 is 2.19 bits per heavy atom.